The fraction of sp³-hybridized carbons (Fsp3) is 0.227. The van der Waals surface area contributed by atoms with Crippen molar-refractivity contribution >= 4 is 22.6 Å². The van der Waals surface area contributed by atoms with Crippen LogP contribution in [0.2, 0.25) is 0 Å². The number of amides is 1. The van der Waals surface area contributed by atoms with Crippen LogP contribution >= 0.6 is 0 Å². The molecular weight excluding hydrogens is 356 g/mol. The number of phenols is 1. The van der Waals surface area contributed by atoms with Gasteiger partial charge in [0.1, 0.15) is 11.5 Å². The van der Waals surface area contributed by atoms with Gasteiger partial charge in [-0.15, -0.1) is 0 Å². The number of rotatable bonds is 1. The van der Waals surface area contributed by atoms with E-state index in [1.807, 2.05) is 30.3 Å². The highest BCUT2D eigenvalue weighted by molar-refractivity contribution is 5.86. The van der Waals surface area contributed by atoms with Crippen molar-refractivity contribution in [1.82, 2.24) is 9.88 Å². The Kier molecular flexibility index (Phi) is 5.89. The highest BCUT2D eigenvalue weighted by Crippen LogP contribution is 2.28. The minimum atomic E-state index is -0.335. The van der Waals surface area contributed by atoms with Gasteiger partial charge in [0.15, 0.2) is 0 Å². The van der Waals surface area contributed by atoms with Crippen LogP contribution in [0, 0.1) is 0 Å². The van der Waals surface area contributed by atoms with Crippen LogP contribution in [0.4, 0.5) is 0 Å². The second kappa shape index (κ2) is 8.52. The number of hydrogen-bond donors (Lipinski definition) is 1. The van der Waals surface area contributed by atoms with Crippen molar-refractivity contribution in [2.24, 2.45) is 0 Å². The van der Waals surface area contributed by atoms with Crippen LogP contribution in [0.1, 0.15) is 25.0 Å². The third-order valence-corrected chi connectivity index (χ3v) is 4.59. The van der Waals surface area contributed by atoms with Crippen molar-refractivity contribution in [2.45, 2.75) is 26.8 Å². The zero-order valence-corrected chi connectivity index (χ0v) is 15.9. The standard InChI is InChI=1S/C13H15NO3.C9H7NO/c1-9(15)14-7-6-11-4-3-5-13(12(11)8-14)17-10(2)16;11-9-3-1-2-7-4-5-10-6-8(7)9/h3-5H,6-8H2,1-2H3;1-6,11H. The summed E-state index contributed by atoms with van der Waals surface area (Å²) in [5.41, 5.74) is 2.10. The van der Waals surface area contributed by atoms with Crippen LogP contribution < -0.4 is 4.74 Å². The Morgan fingerprint density at radius 2 is 1.89 bits per heavy atom. The molecule has 0 radical (unpaired) electrons. The van der Waals surface area contributed by atoms with Crippen LogP contribution in [-0.4, -0.2) is 33.4 Å². The minimum Gasteiger partial charge on any atom is -0.507 e. The molecular formula is C22H22N2O4. The van der Waals surface area contributed by atoms with E-state index in [2.05, 4.69) is 4.98 Å². The first-order valence-corrected chi connectivity index (χ1v) is 9.02. The van der Waals surface area contributed by atoms with Gasteiger partial charge < -0.3 is 14.7 Å². The molecule has 6 nitrogen and oxygen atoms in total. The number of nitrogens with zero attached hydrogens (tertiary/aromatic N) is 2. The van der Waals surface area contributed by atoms with Crippen LogP contribution in [0.25, 0.3) is 10.8 Å². The van der Waals surface area contributed by atoms with E-state index in [9.17, 15) is 14.7 Å². The summed E-state index contributed by atoms with van der Waals surface area (Å²) in [6.45, 7) is 4.18. The number of pyridine rings is 1. The third kappa shape index (κ3) is 4.46. The molecule has 144 valence electrons. The molecule has 0 aliphatic carbocycles. The summed E-state index contributed by atoms with van der Waals surface area (Å²) in [5.74, 6) is 0.572. The van der Waals surface area contributed by atoms with Gasteiger partial charge in [0.25, 0.3) is 0 Å². The molecule has 0 saturated heterocycles. The van der Waals surface area contributed by atoms with E-state index < -0.39 is 0 Å². The maximum Gasteiger partial charge on any atom is 0.308 e. The van der Waals surface area contributed by atoms with E-state index in [1.54, 1.807) is 36.4 Å². The van der Waals surface area contributed by atoms with Gasteiger partial charge in [0, 0.05) is 50.3 Å². The zero-order chi connectivity index (χ0) is 20.1. The van der Waals surface area contributed by atoms with Crippen LogP contribution in [-0.2, 0) is 22.6 Å². The maximum absolute atomic E-state index is 11.4. The van der Waals surface area contributed by atoms with Gasteiger partial charge in [-0.25, -0.2) is 0 Å². The normalized spacial score (nSPS) is 12.6. The first-order chi connectivity index (χ1) is 13.5. The summed E-state index contributed by atoms with van der Waals surface area (Å²) < 4.78 is 5.16. The molecule has 2 heterocycles. The Bertz CT molecular complexity index is 1010. The van der Waals surface area contributed by atoms with Crippen molar-refractivity contribution < 1.29 is 19.4 Å². The number of benzene rings is 2. The Balaban J connectivity index is 0.000000176. The quantitative estimate of drug-likeness (QED) is 0.518. The van der Waals surface area contributed by atoms with Gasteiger partial charge in [0.2, 0.25) is 5.91 Å². The summed E-state index contributed by atoms with van der Waals surface area (Å²) in [4.78, 5) is 28.0. The van der Waals surface area contributed by atoms with Gasteiger partial charge in [0.05, 0.1) is 0 Å². The van der Waals surface area contributed by atoms with E-state index in [0.29, 0.717) is 12.3 Å². The molecule has 1 amide bonds. The highest BCUT2D eigenvalue weighted by Gasteiger charge is 2.21. The smallest absolute Gasteiger partial charge is 0.308 e. The van der Waals surface area contributed by atoms with Gasteiger partial charge in [-0.1, -0.05) is 24.3 Å². The van der Waals surface area contributed by atoms with E-state index in [-0.39, 0.29) is 17.6 Å². The largest absolute Gasteiger partial charge is 0.507 e. The predicted octanol–water partition coefficient (Wildman–Crippen LogP) is 3.46. The molecule has 6 heteroatoms. The number of hydrogen-bond acceptors (Lipinski definition) is 5. The molecule has 28 heavy (non-hydrogen) atoms. The van der Waals surface area contributed by atoms with Gasteiger partial charge >= 0.3 is 5.97 Å². The summed E-state index contributed by atoms with van der Waals surface area (Å²) in [5, 5.41) is 11.1. The van der Waals surface area contributed by atoms with Crippen molar-refractivity contribution in [3.63, 3.8) is 0 Å². The molecule has 0 unspecified atom stereocenters. The third-order valence-electron chi connectivity index (χ3n) is 4.59. The average molecular weight is 378 g/mol. The number of ether oxygens (including phenoxy) is 1. The molecule has 0 fully saturated rings. The van der Waals surface area contributed by atoms with E-state index in [4.69, 9.17) is 4.74 Å². The lowest BCUT2D eigenvalue weighted by molar-refractivity contribution is -0.131. The molecule has 1 aromatic heterocycles. The first kappa shape index (κ1) is 19.4. The summed E-state index contributed by atoms with van der Waals surface area (Å²) in [6, 6.07) is 12.9. The lowest BCUT2D eigenvalue weighted by Crippen LogP contribution is -2.34. The molecule has 4 rings (SSSR count). The summed E-state index contributed by atoms with van der Waals surface area (Å²) in [6.07, 6.45) is 4.18. The molecule has 2 aromatic carbocycles. The Labute approximate surface area is 163 Å². The molecule has 3 aromatic rings. The SMILES string of the molecule is CC(=O)Oc1cccc2c1CN(C(C)=O)CC2.Oc1cccc2ccncc12. The van der Waals surface area contributed by atoms with Gasteiger partial charge in [-0.3, -0.25) is 14.6 Å². The summed E-state index contributed by atoms with van der Waals surface area (Å²) in [7, 11) is 0. The molecule has 1 aliphatic rings. The van der Waals surface area contributed by atoms with Crippen LogP contribution in [0.15, 0.2) is 54.9 Å². The topological polar surface area (TPSA) is 79.7 Å². The van der Waals surface area contributed by atoms with Crippen LogP contribution in [0.5, 0.6) is 11.5 Å². The number of aromatic nitrogens is 1. The monoisotopic (exact) mass is 378 g/mol. The van der Waals surface area contributed by atoms with Crippen molar-refractivity contribution in [2.75, 3.05) is 6.54 Å². The Morgan fingerprint density at radius 1 is 1.11 bits per heavy atom. The van der Waals surface area contributed by atoms with E-state index in [0.717, 1.165) is 34.9 Å². The first-order valence-electron chi connectivity index (χ1n) is 9.02. The maximum atomic E-state index is 11.4. The second-order valence-electron chi connectivity index (χ2n) is 6.55. The second-order valence-corrected chi connectivity index (χ2v) is 6.55. The number of phenolic OH excluding ortho intramolecular Hbond substituents is 1. The van der Waals surface area contributed by atoms with E-state index >= 15 is 0 Å². The number of aromatic hydroxyl groups is 1. The van der Waals surface area contributed by atoms with Gasteiger partial charge in [-0.05, 0) is 35.6 Å². The molecule has 0 saturated carbocycles. The van der Waals surface area contributed by atoms with Crippen molar-refractivity contribution in [1.29, 1.82) is 0 Å². The average Bonchev–Trinajstić information content (AvgIpc) is 2.68. The number of fused-ring (bicyclic) bond motifs is 2. The molecule has 0 bridgehead atoms. The minimum absolute atomic E-state index is 0.0493. The number of carbonyl (C=O) groups is 2. The zero-order valence-electron chi connectivity index (χ0n) is 15.9. The fourth-order valence-corrected chi connectivity index (χ4v) is 3.17. The van der Waals surface area contributed by atoms with E-state index in [1.165, 1.54) is 6.92 Å². The van der Waals surface area contributed by atoms with Crippen LogP contribution in [0.3, 0.4) is 0 Å². The fourth-order valence-electron chi connectivity index (χ4n) is 3.17. The lowest BCUT2D eigenvalue weighted by atomic mass is 9.99. The summed E-state index contributed by atoms with van der Waals surface area (Å²) >= 11 is 0. The number of esters is 1. The Hall–Kier alpha value is -3.41. The molecule has 0 atom stereocenters. The van der Waals surface area contributed by atoms with Crippen molar-refractivity contribution in [3.8, 4) is 11.5 Å². The Morgan fingerprint density at radius 3 is 2.61 bits per heavy atom. The molecule has 0 spiro atoms. The lowest BCUT2D eigenvalue weighted by Gasteiger charge is -2.28. The molecule has 1 N–H and O–H groups in total. The predicted molar refractivity (Wildman–Crippen MR) is 106 cm³/mol. The van der Waals surface area contributed by atoms with Crippen molar-refractivity contribution in [3.05, 3.63) is 66.0 Å². The highest BCUT2D eigenvalue weighted by atomic mass is 16.5. The number of carbonyl (C=O) groups excluding carboxylic acids is 2. The molecule has 1 aliphatic heterocycles. The van der Waals surface area contributed by atoms with Gasteiger partial charge in [-0.2, -0.15) is 0 Å².